The number of ether oxygens (including phenoxy) is 2. The predicted molar refractivity (Wildman–Crippen MR) is 38.2 cm³/mol. The second-order valence-corrected chi connectivity index (χ2v) is 2.47. The molecule has 0 bridgehead atoms. The average molecular weight is 214 g/mol. The van der Waals surface area contributed by atoms with Gasteiger partial charge in [-0.05, 0) is 6.92 Å². The Bertz CT molecular complexity index is 223. The third kappa shape index (κ3) is 6.27. The minimum atomic E-state index is -4.58. The van der Waals surface area contributed by atoms with Crippen LogP contribution in [0.15, 0.2) is 0 Å². The van der Waals surface area contributed by atoms with Gasteiger partial charge in [0.1, 0.15) is 0 Å². The zero-order valence-corrected chi connectivity index (χ0v) is 7.55. The Labute approximate surface area is 78.0 Å². The van der Waals surface area contributed by atoms with Crippen molar-refractivity contribution in [2.75, 3.05) is 6.61 Å². The maximum Gasteiger partial charge on any atom is 0.422 e. The highest BCUT2D eigenvalue weighted by molar-refractivity contribution is 5.78. The van der Waals surface area contributed by atoms with Crippen LogP contribution in [0.5, 0.6) is 0 Å². The Morgan fingerprint density at radius 1 is 1.36 bits per heavy atom. The summed E-state index contributed by atoms with van der Waals surface area (Å²) in [6, 6.07) is 0. The van der Waals surface area contributed by atoms with E-state index in [1.165, 1.54) is 0 Å². The van der Waals surface area contributed by atoms with Crippen LogP contribution in [0.3, 0.4) is 0 Å². The van der Waals surface area contributed by atoms with Crippen LogP contribution in [0.4, 0.5) is 13.2 Å². The van der Waals surface area contributed by atoms with Gasteiger partial charge in [0.25, 0.3) is 0 Å². The van der Waals surface area contributed by atoms with Crippen LogP contribution in [-0.2, 0) is 19.1 Å². The van der Waals surface area contributed by atoms with Crippen molar-refractivity contribution in [1.29, 1.82) is 0 Å². The van der Waals surface area contributed by atoms with Gasteiger partial charge < -0.3 is 9.47 Å². The SMILES string of the molecule is CC(=O)OC(C)C(=O)OCC(F)(F)F. The molecule has 0 aromatic rings. The third-order valence-corrected chi connectivity index (χ3v) is 1.05. The van der Waals surface area contributed by atoms with Crippen molar-refractivity contribution in [1.82, 2.24) is 0 Å². The number of halogens is 3. The fourth-order valence-electron chi connectivity index (χ4n) is 0.567. The van der Waals surface area contributed by atoms with Crippen LogP contribution in [0.1, 0.15) is 13.8 Å². The number of esters is 2. The van der Waals surface area contributed by atoms with Crippen molar-refractivity contribution >= 4 is 11.9 Å². The Morgan fingerprint density at radius 3 is 2.21 bits per heavy atom. The average Bonchev–Trinajstić information content (AvgIpc) is 1.97. The van der Waals surface area contributed by atoms with E-state index in [0.29, 0.717) is 0 Å². The molecule has 0 radical (unpaired) electrons. The number of carbonyl (C=O) groups is 2. The second-order valence-electron chi connectivity index (χ2n) is 2.47. The van der Waals surface area contributed by atoms with Gasteiger partial charge in [0.15, 0.2) is 12.7 Å². The maximum atomic E-state index is 11.6. The van der Waals surface area contributed by atoms with Gasteiger partial charge in [-0.2, -0.15) is 13.2 Å². The molecule has 0 saturated carbocycles. The largest absolute Gasteiger partial charge is 0.453 e. The van der Waals surface area contributed by atoms with Gasteiger partial charge in [0.2, 0.25) is 0 Å². The lowest BCUT2D eigenvalue weighted by atomic mass is 10.4. The van der Waals surface area contributed by atoms with Crippen LogP contribution in [0.25, 0.3) is 0 Å². The molecule has 0 rings (SSSR count). The van der Waals surface area contributed by atoms with E-state index in [-0.39, 0.29) is 0 Å². The summed E-state index contributed by atoms with van der Waals surface area (Å²) in [5, 5.41) is 0. The molecule has 0 aliphatic rings. The van der Waals surface area contributed by atoms with Gasteiger partial charge in [-0.15, -0.1) is 0 Å². The standard InChI is InChI=1S/C7H9F3O4/c1-4(14-5(2)11)6(12)13-3-7(8,9)10/h4H,3H2,1-2H3. The van der Waals surface area contributed by atoms with Crippen molar-refractivity contribution in [3.8, 4) is 0 Å². The molecule has 0 amide bonds. The summed E-state index contributed by atoms with van der Waals surface area (Å²) in [6.07, 6.45) is -5.90. The molecule has 0 aliphatic heterocycles. The van der Waals surface area contributed by atoms with E-state index in [4.69, 9.17) is 0 Å². The number of alkyl halides is 3. The molecule has 0 saturated heterocycles. The summed E-state index contributed by atoms with van der Waals surface area (Å²) >= 11 is 0. The van der Waals surface area contributed by atoms with E-state index in [9.17, 15) is 22.8 Å². The number of rotatable bonds is 3. The Morgan fingerprint density at radius 2 is 1.86 bits per heavy atom. The number of carbonyl (C=O) groups excluding carboxylic acids is 2. The molecular formula is C7H9F3O4. The van der Waals surface area contributed by atoms with E-state index in [0.717, 1.165) is 13.8 Å². The van der Waals surface area contributed by atoms with Gasteiger partial charge in [-0.25, -0.2) is 4.79 Å². The first-order chi connectivity index (χ1) is 6.22. The van der Waals surface area contributed by atoms with Gasteiger partial charge >= 0.3 is 18.1 Å². The van der Waals surface area contributed by atoms with Crippen LogP contribution in [-0.4, -0.2) is 30.8 Å². The minimum Gasteiger partial charge on any atom is -0.453 e. The van der Waals surface area contributed by atoms with Crippen molar-refractivity contribution in [2.24, 2.45) is 0 Å². The molecule has 0 fully saturated rings. The molecule has 4 nitrogen and oxygen atoms in total. The van der Waals surface area contributed by atoms with E-state index in [1.54, 1.807) is 0 Å². The van der Waals surface area contributed by atoms with Gasteiger partial charge in [-0.3, -0.25) is 4.79 Å². The summed E-state index contributed by atoms with van der Waals surface area (Å²) in [7, 11) is 0. The molecule has 0 aromatic heterocycles. The normalized spacial score (nSPS) is 13.2. The fourth-order valence-corrected chi connectivity index (χ4v) is 0.567. The zero-order valence-electron chi connectivity index (χ0n) is 7.55. The molecular weight excluding hydrogens is 205 g/mol. The van der Waals surface area contributed by atoms with E-state index in [1.807, 2.05) is 0 Å². The van der Waals surface area contributed by atoms with Crippen LogP contribution >= 0.6 is 0 Å². The molecule has 1 atom stereocenters. The number of hydrogen-bond acceptors (Lipinski definition) is 4. The Kier molecular flexibility index (Phi) is 4.39. The molecule has 0 aliphatic carbocycles. The Hall–Kier alpha value is -1.27. The third-order valence-electron chi connectivity index (χ3n) is 1.05. The van der Waals surface area contributed by atoms with Gasteiger partial charge in [-0.1, -0.05) is 0 Å². The van der Waals surface area contributed by atoms with Gasteiger partial charge in [0.05, 0.1) is 0 Å². The lowest BCUT2D eigenvalue weighted by Gasteiger charge is -2.12. The Balaban J connectivity index is 3.91. The summed E-state index contributed by atoms with van der Waals surface area (Å²) in [5.41, 5.74) is 0. The lowest BCUT2D eigenvalue weighted by Crippen LogP contribution is -2.29. The van der Waals surface area contributed by atoms with Crippen molar-refractivity contribution < 1.29 is 32.2 Å². The highest BCUT2D eigenvalue weighted by Gasteiger charge is 2.31. The first kappa shape index (κ1) is 12.7. The fraction of sp³-hybridized carbons (Fsp3) is 0.714. The molecule has 82 valence electrons. The highest BCUT2D eigenvalue weighted by Crippen LogP contribution is 2.14. The monoisotopic (exact) mass is 214 g/mol. The molecule has 7 heteroatoms. The van der Waals surface area contributed by atoms with Crippen molar-refractivity contribution in [2.45, 2.75) is 26.1 Å². The van der Waals surface area contributed by atoms with E-state index in [2.05, 4.69) is 9.47 Å². The number of hydrogen-bond donors (Lipinski definition) is 0. The summed E-state index contributed by atoms with van der Waals surface area (Å²) < 4.78 is 42.8. The molecule has 0 spiro atoms. The van der Waals surface area contributed by atoms with Crippen LogP contribution in [0, 0.1) is 0 Å². The maximum absolute atomic E-state index is 11.6. The lowest BCUT2D eigenvalue weighted by molar-refractivity contribution is -0.194. The molecule has 1 unspecified atom stereocenters. The molecule has 0 heterocycles. The first-order valence-electron chi connectivity index (χ1n) is 3.63. The van der Waals surface area contributed by atoms with E-state index < -0.39 is 30.8 Å². The first-order valence-corrected chi connectivity index (χ1v) is 3.63. The second kappa shape index (κ2) is 4.83. The summed E-state index contributed by atoms with van der Waals surface area (Å²) in [6.45, 7) is 0.477. The molecule has 14 heavy (non-hydrogen) atoms. The van der Waals surface area contributed by atoms with Crippen molar-refractivity contribution in [3.63, 3.8) is 0 Å². The highest BCUT2D eigenvalue weighted by atomic mass is 19.4. The smallest absolute Gasteiger partial charge is 0.422 e. The topological polar surface area (TPSA) is 52.6 Å². The summed E-state index contributed by atoms with van der Waals surface area (Å²) in [5.74, 6) is -1.99. The quantitative estimate of drug-likeness (QED) is 0.659. The molecule has 0 aromatic carbocycles. The van der Waals surface area contributed by atoms with Gasteiger partial charge in [0, 0.05) is 6.92 Å². The van der Waals surface area contributed by atoms with Crippen LogP contribution in [0.2, 0.25) is 0 Å². The summed E-state index contributed by atoms with van der Waals surface area (Å²) in [4.78, 5) is 21.0. The predicted octanol–water partition coefficient (Wildman–Crippen LogP) is 1.04. The van der Waals surface area contributed by atoms with E-state index >= 15 is 0 Å². The minimum absolute atomic E-state index is 0.763. The van der Waals surface area contributed by atoms with Crippen molar-refractivity contribution in [3.05, 3.63) is 0 Å². The zero-order chi connectivity index (χ0) is 11.4. The van der Waals surface area contributed by atoms with Crippen LogP contribution < -0.4 is 0 Å². The molecule has 0 N–H and O–H groups in total.